The van der Waals surface area contributed by atoms with Crippen LogP contribution in [0.2, 0.25) is 0 Å². The first kappa shape index (κ1) is 20.1. The summed E-state index contributed by atoms with van der Waals surface area (Å²) in [7, 11) is 0. The van der Waals surface area contributed by atoms with Gasteiger partial charge in [0.1, 0.15) is 5.60 Å². The van der Waals surface area contributed by atoms with Crippen molar-refractivity contribution in [1.29, 1.82) is 0 Å². The highest BCUT2D eigenvalue weighted by Gasteiger charge is 2.35. The minimum atomic E-state index is -0.526. The van der Waals surface area contributed by atoms with Crippen LogP contribution in [-0.2, 0) is 9.53 Å². The van der Waals surface area contributed by atoms with Crippen LogP contribution in [0.1, 0.15) is 85.5 Å². The van der Waals surface area contributed by atoms with E-state index < -0.39 is 11.7 Å². The van der Waals surface area contributed by atoms with Gasteiger partial charge >= 0.3 is 6.09 Å². The predicted octanol–water partition coefficient (Wildman–Crippen LogP) is 4.16. The number of hydrogen-bond acceptors (Lipinski definition) is 3. The molecule has 2 saturated carbocycles. The van der Waals surface area contributed by atoms with E-state index in [1.807, 2.05) is 20.8 Å². The smallest absolute Gasteiger partial charge is 0.407 e. The van der Waals surface area contributed by atoms with Gasteiger partial charge in [-0.2, -0.15) is 0 Å². The Bertz CT molecular complexity index is 466. The average molecular weight is 353 g/mol. The normalized spacial score (nSPS) is 26.6. The molecule has 2 amide bonds. The quantitative estimate of drug-likeness (QED) is 0.798. The second kappa shape index (κ2) is 8.41. The van der Waals surface area contributed by atoms with Crippen LogP contribution in [0.4, 0.5) is 4.79 Å². The molecule has 2 aliphatic carbocycles. The molecule has 0 radical (unpaired) electrons. The summed E-state index contributed by atoms with van der Waals surface area (Å²) in [5.74, 6) is -0.0624. The number of carbonyl (C=O) groups is 2. The van der Waals surface area contributed by atoms with E-state index >= 15 is 0 Å². The molecule has 2 fully saturated rings. The Hall–Kier alpha value is -1.26. The van der Waals surface area contributed by atoms with Gasteiger partial charge in [0.2, 0.25) is 5.91 Å². The van der Waals surface area contributed by atoms with Crippen molar-refractivity contribution < 1.29 is 14.3 Å². The molecule has 2 atom stereocenters. The molecule has 2 N–H and O–H groups in total. The monoisotopic (exact) mass is 352 g/mol. The molecule has 0 aromatic heterocycles. The second-order valence-corrected chi connectivity index (χ2v) is 9.23. The van der Waals surface area contributed by atoms with Gasteiger partial charge in [0.15, 0.2) is 0 Å². The standard InChI is InChI=1S/C20H36N2O3/c1-19(2,3)25-18(24)22-16-11-8-6-5-7-10-15(16)17(23)21-14-20(4)12-9-13-20/h15-16H,5-14H2,1-4H3,(H,21,23)(H,22,24)/t15-,16+/m0/s1. The Labute approximate surface area is 152 Å². The van der Waals surface area contributed by atoms with Crippen LogP contribution in [0, 0.1) is 11.3 Å². The molecule has 2 aliphatic rings. The largest absolute Gasteiger partial charge is 0.444 e. The van der Waals surface area contributed by atoms with E-state index in [2.05, 4.69) is 17.6 Å². The van der Waals surface area contributed by atoms with Crippen LogP contribution >= 0.6 is 0 Å². The minimum absolute atomic E-state index is 0.0936. The van der Waals surface area contributed by atoms with Gasteiger partial charge in [0.25, 0.3) is 0 Å². The SMILES string of the molecule is CC1(CNC(=O)[C@H]2CCCCCC[C@H]2NC(=O)OC(C)(C)C)CCC1. The fourth-order valence-corrected chi connectivity index (χ4v) is 3.82. The molecular weight excluding hydrogens is 316 g/mol. The van der Waals surface area contributed by atoms with E-state index in [1.54, 1.807) is 0 Å². The lowest BCUT2D eigenvalue weighted by Crippen LogP contribution is -2.50. The van der Waals surface area contributed by atoms with Crippen molar-refractivity contribution in [2.75, 3.05) is 6.54 Å². The van der Waals surface area contributed by atoms with Crippen molar-refractivity contribution in [2.24, 2.45) is 11.3 Å². The first-order valence-corrected chi connectivity index (χ1v) is 9.96. The molecule has 0 bridgehead atoms. The lowest BCUT2D eigenvalue weighted by Gasteiger charge is -2.39. The van der Waals surface area contributed by atoms with Crippen molar-refractivity contribution >= 4 is 12.0 Å². The number of hydrogen-bond donors (Lipinski definition) is 2. The van der Waals surface area contributed by atoms with Crippen LogP contribution in [0.25, 0.3) is 0 Å². The highest BCUT2D eigenvalue weighted by Crippen LogP contribution is 2.39. The highest BCUT2D eigenvalue weighted by molar-refractivity contribution is 5.80. The molecular formula is C20H36N2O3. The lowest BCUT2D eigenvalue weighted by atomic mass is 9.70. The lowest BCUT2D eigenvalue weighted by molar-refractivity contribution is -0.127. The number of rotatable bonds is 4. The van der Waals surface area contributed by atoms with E-state index in [-0.39, 0.29) is 23.3 Å². The number of carbonyl (C=O) groups excluding carboxylic acids is 2. The molecule has 0 saturated heterocycles. The van der Waals surface area contributed by atoms with Crippen LogP contribution in [0.3, 0.4) is 0 Å². The zero-order valence-electron chi connectivity index (χ0n) is 16.5. The Balaban J connectivity index is 1.95. The van der Waals surface area contributed by atoms with Crippen molar-refractivity contribution in [3.8, 4) is 0 Å². The van der Waals surface area contributed by atoms with Crippen LogP contribution in [-0.4, -0.2) is 30.2 Å². The number of amides is 2. The Morgan fingerprint density at radius 3 is 2.24 bits per heavy atom. The maximum absolute atomic E-state index is 12.8. The van der Waals surface area contributed by atoms with Crippen molar-refractivity contribution in [3.63, 3.8) is 0 Å². The second-order valence-electron chi connectivity index (χ2n) is 9.23. The van der Waals surface area contributed by atoms with E-state index in [9.17, 15) is 9.59 Å². The third-order valence-corrected chi connectivity index (χ3v) is 5.55. The van der Waals surface area contributed by atoms with Crippen LogP contribution in [0.5, 0.6) is 0 Å². The summed E-state index contributed by atoms with van der Waals surface area (Å²) in [6.07, 6.45) is 9.33. The summed E-state index contributed by atoms with van der Waals surface area (Å²) in [6.45, 7) is 8.56. The fraction of sp³-hybridized carbons (Fsp3) is 0.900. The maximum Gasteiger partial charge on any atom is 0.407 e. The zero-order chi connectivity index (χ0) is 18.5. The third-order valence-electron chi connectivity index (χ3n) is 5.55. The van der Waals surface area contributed by atoms with Gasteiger partial charge in [-0.15, -0.1) is 0 Å². The van der Waals surface area contributed by atoms with Gasteiger partial charge in [0, 0.05) is 12.6 Å². The van der Waals surface area contributed by atoms with Crippen LogP contribution < -0.4 is 10.6 Å². The van der Waals surface area contributed by atoms with Gasteiger partial charge in [0.05, 0.1) is 5.92 Å². The van der Waals surface area contributed by atoms with Gasteiger partial charge in [-0.05, 0) is 51.9 Å². The first-order valence-electron chi connectivity index (χ1n) is 9.96. The maximum atomic E-state index is 12.8. The molecule has 5 heteroatoms. The summed E-state index contributed by atoms with van der Waals surface area (Å²) in [4.78, 5) is 25.0. The fourth-order valence-electron chi connectivity index (χ4n) is 3.82. The summed E-state index contributed by atoms with van der Waals surface area (Å²) >= 11 is 0. The first-order chi connectivity index (χ1) is 11.7. The van der Waals surface area contributed by atoms with Gasteiger partial charge in [-0.25, -0.2) is 4.79 Å². The highest BCUT2D eigenvalue weighted by atomic mass is 16.6. The zero-order valence-corrected chi connectivity index (χ0v) is 16.5. The van der Waals surface area contributed by atoms with Gasteiger partial charge < -0.3 is 15.4 Å². The summed E-state index contributed by atoms with van der Waals surface area (Å²) in [5.41, 5.74) is -0.256. The molecule has 144 valence electrons. The molecule has 25 heavy (non-hydrogen) atoms. The Morgan fingerprint density at radius 2 is 1.68 bits per heavy atom. The molecule has 0 heterocycles. The Morgan fingerprint density at radius 1 is 1.04 bits per heavy atom. The van der Waals surface area contributed by atoms with Crippen molar-refractivity contribution in [3.05, 3.63) is 0 Å². The molecule has 0 unspecified atom stereocenters. The van der Waals surface area contributed by atoms with E-state index in [0.717, 1.165) is 32.2 Å². The van der Waals surface area contributed by atoms with Crippen LogP contribution in [0.15, 0.2) is 0 Å². The average Bonchev–Trinajstić information content (AvgIpc) is 2.44. The topological polar surface area (TPSA) is 67.4 Å². The molecule has 0 aromatic rings. The molecule has 0 spiro atoms. The summed E-state index contributed by atoms with van der Waals surface area (Å²) in [5, 5.41) is 6.14. The van der Waals surface area contributed by atoms with Crippen molar-refractivity contribution in [2.45, 2.75) is 97.1 Å². The predicted molar refractivity (Wildman–Crippen MR) is 99.3 cm³/mol. The minimum Gasteiger partial charge on any atom is -0.444 e. The van der Waals surface area contributed by atoms with E-state index in [0.29, 0.717) is 0 Å². The third kappa shape index (κ3) is 6.52. The van der Waals surface area contributed by atoms with E-state index in [4.69, 9.17) is 4.74 Å². The van der Waals surface area contributed by atoms with E-state index in [1.165, 1.54) is 32.1 Å². The number of nitrogens with one attached hydrogen (secondary N) is 2. The van der Waals surface area contributed by atoms with Gasteiger partial charge in [-0.3, -0.25) is 4.79 Å². The summed E-state index contributed by atoms with van der Waals surface area (Å²) < 4.78 is 5.40. The number of ether oxygens (including phenoxy) is 1. The number of alkyl carbamates (subject to hydrolysis) is 1. The summed E-state index contributed by atoms with van der Waals surface area (Å²) in [6, 6.07) is -0.135. The molecule has 0 aliphatic heterocycles. The molecule has 0 aromatic carbocycles. The van der Waals surface area contributed by atoms with Gasteiger partial charge in [-0.1, -0.05) is 39.0 Å². The molecule has 5 nitrogen and oxygen atoms in total. The Kier molecular flexibility index (Phi) is 6.75. The molecule has 2 rings (SSSR count). The van der Waals surface area contributed by atoms with Crippen molar-refractivity contribution in [1.82, 2.24) is 10.6 Å².